The summed E-state index contributed by atoms with van der Waals surface area (Å²) in [6, 6.07) is 13.8. The summed E-state index contributed by atoms with van der Waals surface area (Å²) < 4.78 is 10.4. The molecule has 0 saturated heterocycles. The molecule has 2 aromatic carbocycles. The minimum absolute atomic E-state index is 0.767. The van der Waals surface area contributed by atoms with Crippen molar-refractivity contribution in [2.45, 2.75) is 10.9 Å². The average molecular weight is 383 g/mol. The summed E-state index contributed by atoms with van der Waals surface area (Å²) in [5.41, 5.74) is 4.06. The van der Waals surface area contributed by atoms with Crippen molar-refractivity contribution in [3.8, 4) is 22.1 Å². The molecule has 0 radical (unpaired) electrons. The van der Waals surface area contributed by atoms with Gasteiger partial charge < -0.3 is 14.5 Å². The first-order valence-corrected chi connectivity index (χ1v) is 9.87. The number of thiazole rings is 1. The molecule has 0 aliphatic heterocycles. The van der Waals surface area contributed by atoms with Crippen LogP contribution in [0.3, 0.4) is 0 Å². The lowest BCUT2D eigenvalue weighted by atomic mass is 10.2. The normalized spacial score (nSPS) is 11.0. The van der Waals surface area contributed by atoms with E-state index in [2.05, 4.69) is 15.3 Å². The lowest BCUT2D eigenvalue weighted by molar-refractivity contribution is 0.415. The van der Waals surface area contributed by atoms with E-state index in [1.165, 1.54) is 0 Å². The molecule has 0 unspecified atom stereocenters. The summed E-state index contributed by atoms with van der Waals surface area (Å²) in [6.07, 6.45) is 0. The van der Waals surface area contributed by atoms with Gasteiger partial charge in [0.05, 0.1) is 30.9 Å². The number of aromatic nitrogens is 3. The summed E-state index contributed by atoms with van der Waals surface area (Å²) in [5, 5.41) is 3.99. The molecule has 0 spiro atoms. The predicted octanol–water partition coefficient (Wildman–Crippen LogP) is 5.00. The molecule has 2 aromatic heterocycles. The Morgan fingerprint density at radius 3 is 2.54 bits per heavy atom. The SMILES string of the molecule is COc1ccc(-c2nc(CSc3nc4ccc(OC)cc4[nH]3)cs2)cc1. The van der Waals surface area contributed by atoms with Gasteiger partial charge in [-0.1, -0.05) is 11.8 Å². The highest BCUT2D eigenvalue weighted by atomic mass is 32.2. The van der Waals surface area contributed by atoms with E-state index in [1.807, 2.05) is 42.5 Å². The van der Waals surface area contributed by atoms with Crippen molar-refractivity contribution in [2.24, 2.45) is 0 Å². The maximum absolute atomic E-state index is 5.25. The molecule has 4 rings (SSSR count). The number of benzene rings is 2. The lowest BCUT2D eigenvalue weighted by Gasteiger charge is -2.00. The van der Waals surface area contributed by atoms with E-state index >= 15 is 0 Å². The van der Waals surface area contributed by atoms with Crippen LogP contribution in [0.2, 0.25) is 0 Å². The van der Waals surface area contributed by atoms with Crippen LogP contribution in [0.15, 0.2) is 53.0 Å². The zero-order chi connectivity index (χ0) is 17.9. The van der Waals surface area contributed by atoms with Gasteiger partial charge >= 0.3 is 0 Å². The third-order valence-electron chi connectivity index (χ3n) is 3.91. The Hall–Kier alpha value is -2.51. The Labute approximate surface area is 159 Å². The Balaban J connectivity index is 1.45. The van der Waals surface area contributed by atoms with Crippen LogP contribution < -0.4 is 9.47 Å². The third kappa shape index (κ3) is 3.54. The molecule has 0 bridgehead atoms. The van der Waals surface area contributed by atoms with Gasteiger partial charge in [-0.2, -0.15) is 0 Å². The number of methoxy groups -OCH3 is 2. The van der Waals surface area contributed by atoms with Crippen LogP contribution in [0.25, 0.3) is 21.6 Å². The first-order chi connectivity index (χ1) is 12.7. The number of imidazole rings is 1. The highest BCUT2D eigenvalue weighted by Crippen LogP contribution is 2.29. The largest absolute Gasteiger partial charge is 0.497 e. The Bertz CT molecular complexity index is 1020. The van der Waals surface area contributed by atoms with Crippen LogP contribution in [0, 0.1) is 0 Å². The van der Waals surface area contributed by atoms with E-state index < -0.39 is 0 Å². The zero-order valence-electron chi connectivity index (χ0n) is 14.4. The molecule has 0 fully saturated rings. The summed E-state index contributed by atoms with van der Waals surface area (Å²) in [7, 11) is 3.33. The molecule has 0 amide bonds. The van der Waals surface area contributed by atoms with E-state index in [1.54, 1.807) is 37.3 Å². The predicted molar refractivity (Wildman–Crippen MR) is 106 cm³/mol. The molecule has 4 aromatic rings. The van der Waals surface area contributed by atoms with Gasteiger partial charge in [-0.3, -0.25) is 0 Å². The van der Waals surface area contributed by atoms with Gasteiger partial charge in [-0.05, 0) is 36.4 Å². The van der Waals surface area contributed by atoms with Crippen molar-refractivity contribution in [1.82, 2.24) is 15.0 Å². The third-order valence-corrected chi connectivity index (χ3v) is 5.76. The second-order valence-electron chi connectivity index (χ2n) is 5.59. The second kappa shape index (κ2) is 7.39. The molecule has 0 aliphatic rings. The number of hydrogen-bond donors (Lipinski definition) is 1. The molecule has 26 heavy (non-hydrogen) atoms. The molecule has 0 atom stereocenters. The number of aromatic amines is 1. The molecular weight excluding hydrogens is 366 g/mol. The van der Waals surface area contributed by atoms with Crippen molar-refractivity contribution in [3.05, 3.63) is 53.5 Å². The molecule has 0 saturated carbocycles. The van der Waals surface area contributed by atoms with E-state index in [4.69, 9.17) is 14.5 Å². The van der Waals surface area contributed by atoms with E-state index in [0.29, 0.717) is 0 Å². The van der Waals surface area contributed by atoms with Crippen LogP contribution in [0.1, 0.15) is 5.69 Å². The number of rotatable bonds is 6. The maximum Gasteiger partial charge on any atom is 0.166 e. The Kier molecular flexibility index (Phi) is 4.81. The van der Waals surface area contributed by atoms with Gasteiger partial charge in [0, 0.05) is 22.8 Å². The average Bonchev–Trinajstić information content (AvgIpc) is 3.32. The highest BCUT2D eigenvalue weighted by Gasteiger charge is 2.08. The fourth-order valence-corrected chi connectivity index (χ4v) is 4.25. The minimum atomic E-state index is 0.767. The van der Waals surface area contributed by atoms with Crippen LogP contribution in [-0.4, -0.2) is 29.2 Å². The van der Waals surface area contributed by atoms with Gasteiger partial charge in [0.2, 0.25) is 0 Å². The highest BCUT2D eigenvalue weighted by molar-refractivity contribution is 7.98. The number of nitrogens with one attached hydrogen (secondary N) is 1. The molecule has 2 heterocycles. The van der Waals surface area contributed by atoms with E-state index in [-0.39, 0.29) is 0 Å². The second-order valence-corrected chi connectivity index (χ2v) is 7.41. The first kappa shape index (κ1) is 16.9. The van der Waals surface area contributed by atoms with Gasteiger partial charge in [-0.25, -0.2) is 9.97 Å². The van der Waals surface area contributed by atoms with Gasteiger partial charge in [0.1, 0.15) is 16.5 Å². The summed E-state index contributed by atoms with van der Waals surface area (Å²) >= 11 is 3.29. The lowest BCUT2D eigenvalue weighted by Crippen LogP contribution is -1.84. The van der Waals surface area contributed by atoms with Crippen molar-refractivity contribution in [3.63, 3.8) is 0 Å². The molecule has 0 aliphatic carbocycles. The van der Waals surface area contributed by atoms with Crippen molar-refractivity contribution < 1.29 is 9.47 Å². The number of ether oxygens (including phenoxy) is 2. The molecule has 132 valence electrons. The van der Waals surface area contributed by atoms with E-state index in [9.17, 15) is 0 Å². The fourth-order valence-electron chi connectivity index (χ4n) is 2.54. The number of fused-ring (bicyclic) bond motifs is 1. The molecule has 5 nitrogen and oxygen atoms in total. The number of nitrogens with zero attached hydrogens (tertiary/aromatic N) is 2. The van der Waals surface area contributed by atoms with Crippen LogP contribution in [0.4, 0.5) is 0 Å². The topological polar surface area (TPSA) is 60.0 Å². The Morgan fingerprint density at radius 1 is 1.00 bits per heavy atom. The smallest absolute Gasteiger partial charge is 0.166 e. The number of thioether (sulfide) groups is 1. The minimum Gasteiger partial charge on any atom is -0.497 e. The van der Waals surface area contributed by atoms with Crippen LogP contribution in [0.5, 0.6) is 11.5 Å². The van der Waals surface area contributed by atoms with Gasteiger partial charge in [0.25, 0.3) is 0 Å². The zero-order valence-corrected chi connectivity index (χ0v) is 16.0. The quantitative estimate of drug-likeness (QED) is 0.475. The Morgan fingerprint density at radius 2 is 1.77 bits per heavy atom. The summed E-state index contributed by atoms with van der Waals surface area (Å²) in [5.74, 6) is 2.44. The van der Waals surface area contributed by atoms with Gasteiger partial charge in [-0.15, -0.1) is 11.3 Å². The maximum atomic E-state index is 5.25. The van der Waals surface area contributed by atoms with Crippen molar-refractivity contribution >= 4 is 34.1 Å². The fraction of sp³-hybridized carbons (Fsp3) is 0.158. The van der Waals surface area contributed by atoms with E-state index in [0.717, 1.165) is 49.7 Å². The summed E-state index contributed by atoms with van der Waals surface area (Å²) in [6.45, 7) is 0. The monoisotopic (exact) mass is 383 g/mol. The van der Waals surface area contributed by atoms with Crippen LogP contribution in [-0.2, 0) is 5.75 Å². The van der Waals surface area contributed by atoms with Crippen LogP contribution >= 0.6 is 23.1 Å². The molecule has 1 N–H and O–H groups in total. The number of hydrogen-bond acceptors (Lipinski definition) is 6. The van der Waals surface area contributed by atoms with Gasteiger partial charge in [0.15, 0.2) is 5.16 Å². The standard InChI is InChI=1S/C19H17N3O2S2/c1-23-14-5-3-12(4-6-14)18-20-13(10-25-18)11-26-19-21-16-8-7-15(24-2)9-17(16)22-19/h3-10H,11H2,1-2H3,(H,21,22). The van der Waals surface area contributed by atoms with Crippen molar-refractivity contribution in [2.75, 3.05) is 14.2 Å². The van der Waals surface area contributed by atoms with Crippen molar-refractivity contribution in [1.29, 1.82) is 0 Å². The number of H-pyrrole nitrogens is 1. The molecule has 7 heteroatoms. The molecular formula is C19H17N3O2S2. The first-order valence-electron chi connectivity index (χ1n) is 8.00. The summed E-state index contributed by atoms with van der Waals surface area (Å²) in [4.78, 5) is 12.7.